The minimum Gasteiger partial charge on any atom is -0.365 e. The van der Waals surface area contributed by atoms with Crippen LogP contribution in [-0.4, -0.2) is 33.1 Å². The van der Waals surface area contributed by atoms with E-state index in [-0.39, 0.29) is 5.91 Å². The summed E-state index contributed by atoms with van der Waals surface area (Å²) >= 11 is 0. The summed E-state index contributed by atoms with van der Waals surface area (Å²) in [5, 5.41) is 5.97. The number of amides is 1. The Balaban J connectivity index is 2.83. The number of nitrogens with one attached hydrogen (secondary N) is 2. The molecule has 1 aromatic rings. The summed E-state index contributed by atoms with van der Waals surface area (Å²) in [7, 11) is 3.87. The molecule has 0 fully saturated rings. The molecule has 0 atom stereocenters. The monoisotopic (exact) mass is 249 g/mol. The Kier molecular flexibility index (Phi) is 5.65. The van der Waals surface area contributed by atoms with E-state index in [4.69, 9.17) is 0 Å². The minimum absolute atomic E-state index is 0.0518. The molecule has 1 rings (SSSR count). The smallest absolute Gasteiger partial charge is 0.239 e. The Morgan fingerprint density at radius 3 is 2.72 bits per heavy atom. The van der Waals surface area contributed by atoms with E-state index in [1.165, 1.54) is 11.1 Å². The third kappa shape index (κ3) is 4.04. The van der Waals surface area contributed by atoms with Gasteiger partial charge in [0, 0.05) is 25.8 Å². The van der Waals surface area contributed by atoms with Crippen molar-refractivity contribution in [3.05, 3.63) is 29.3 Å². The lowest BCUT2D eigenvalue weighted by Gasteiger charge is -2.22. The van der Waals surface area contributed by atoms with Gasteiger partial charge in [0.25, 0.3) is 0 Å². The van der Waals surface area contributed by atoms with E-state index in [1.807, 2.05) is 25.9 Å². The van der Waals surface area contributed by atoms with Gasteiger partial charge in [-0.1, -0.05) is 17.7 Å². The molecule has 1 aromatic carbocycles. The van der Waals surface area contributed by atoms with Crippen LogP contribution in [0.25, 0.3) is 0 Å². The lowest BCUT2D eigenvalue weighted by molar-refractivity contribution is -0.119. The Morgan fingerprint density at radius 1 is 1.39 bits per heavy atom. The van der Waals surface area contributed by atoms with Gasteiger partial charge in [-0.05, 0) is 32.5 Å². The number of likely N-dealkylation sites (N-methyl/N-ethyl adjacent to an activating group) is 2. The molecule has 0 aliphatic carbocycles. The minimum atomic E-state index is 0.0518. The number of carbonyl (C=O) groups excluding carboxylic acids is 1. The van der Waals surface area contributed by atoms with Crippen LogP contribution in [0.3, 0.4) is 0 Å². The van der Waals surface area contributed by atoms with Crippen molar-refractivity contribution in [2.75, 3.05) is 32.1 Å². The second-order valence-electron chi connectivity index (χ2n) is 4.47. The van der Waals surface area contributed by atoms with Crippen molar-refractivity contribution in [2.24, 2.45) is 0 Å². The molecular formula is C14H23N3O. The summed E-state index contributed by atoms with van der Waals surface area (Å²) in [5.74, 6) is 0.0518. The number of nitrogens with zero attached hydrogens (tertiary/aromatic N) is 1. The molecule has 1 amide bonds. The highest BCUT2D eigenvalue weighted by atomic mass is 16.1. The first-order chi connectivity index (χ1) is 8.58. The van der Waals surface area contributed by atoms with Crippen molar-refractivity contribution >= 4 is 11.6 Å². The molecule has 0 heterocycles. The number of carbonyl (C=O) groups is 1. The van der Waals surface area contributed by atoms with Crippen molar-refractivity contribution in [3.63, 3.8) is 0 Å². The molecule has 0 bridgehead atoms. The van der Waals surface area contributed by atoms with Gasteiger partial charge in [-0.15, -0.1) is 0 Å². The molecule has 0 radical (unpaired) electrons. The normalized spacial score (nSPS) is 10.2. The number of hydrogen-bond donors (Lipinski definition) is 2. The number of aryl methyl sites for hydroxylation is 1. The number of benzene rings is 1. The molecule has 0 saturated carbocycles. The molecule has 2 N–H and O–H groups in total. The van der Waals surface area contributed by atoms with Crippen molar-refractivity contribution in [1.82, 2.24) is 10.6 Å². The van der Waals surface area contributed by atoms with Gasteiger partial charge >= 0.3 is 0 Å². The summed E-state index contributed by atoms with van der Waals surface area (Å²) in [4.78, 5) is 13.6. The summed E-state index contributed by atoms with van der Waals surface area (Å²) in [5.41, 5.74) is 3.54. The van der Waals surface area contributed by atoms with Crippen molar-refractivity contribution in [3.8, 4) is 0 Å². The maximum absolute atomic E-state index is 11.6. The van der Waals surface area contributed by atoms with Crippen LogP contribution in [-0.2, 0) is 11.3 Å². The van der Waals surface area contributed by atoms with Crippen LogP contribution in [0.4, 0.5) is 5.69 Å². The standard InChI is InChI=1S/C14H23N3O/c1-5-16-14(18)10-17(4)13-7-6-11(2)8-12(13)9-15-3/h6-8,15H,5,9-10H2,1-4H3,(H,16,18). The van der Waals surface area contributed by atoms with E-state index in [2.05, 4.69) is 35.8 Å². The molecule has 4 nitrogen and oxygen atoms in total. The lowest BCUT2D eigenvalue weighted by atomic mass is 10.1. The van der Waals surface area contributed by atoms with Crippen LogP contribution in [0.1, 0.15) is 18.1 Å². The van der Waals surface area contributed by atoms with E-state index in [0.717, 1.165) is 12.2 Å². The number of anilines is 1. The fourth-order valence-electron chi connectivity index (χ4n) is 1.97. The molecule has 18 heavy (non-hydrogen) atoms. The quantitative estimate of drug-likeness (QED) is 0.798. The fourth-order valence-corrected chi connectivity index (χ4v) is 1.97. The zero-order valence-corrected chi connectivity index (χ0v) is 11.7. The predicted octanol–water partition coefficient (Wildman–Crippen LogP) is 1.29. The Bertz CT molecular complexity index is 404. The van der Waals surface area contributed by atoms with Gasteiger partial charge in [-0.3, -0.25) is 4.79 Å². The second-order valence-corrected chi connectivity index (χ2v) is 4.47. The molecule has 0 aliphatic heterocycles. The molecular weight excluding hydrogens is 226 g/mol. The highest BCUT2D eigenvalue weighted by molar-refractivity contribution is 5.81. The summed E-state index contributed by atoms with van der Waals surface area (Å²) in [6.07, 6.45) is 0. The summed E-state index contributed by atoms with van der Waals surface area (Å²) < 4.78 is 0. The van der Waals surface area contributed by atoms with E-state index in [1.54, 1.807) is 0 Å². The van der Waals surface area contributed by atoms with Crippen LogP contribution in [0.5, 0.6) is 0 Å². The molecule has 0 aromatic heterocycles. The molecule has 0 aliphatic rings. The Labute approximate surface area is 109 Å². The van der Waals surface area contributed by atoms with Gasteiger partial charge in [-0.25, -0.2) is 0 Å². The van der Waals surface area contributed by atoms with E-state index < -0.39 is 0 Å². The van der Waals surface area contributed by atoms with E-state index in [0.29, 0.717) is 13.1 Å². The molecule has 4 heteroatoms. The van der Waals surface area contributed by atoms with Gasteiger partial charge in [0.2, 0.25) is 5.91 Å². The first kappa shape index (κ1) is 14.5. The highest BCUT2D eigenvalue weighted by Gasteiger charge is 2.10. The number of hydrogen-bond acceptors (Lipinski definition) is 3. The van der Waals surface area contributed by atoms with Gasteiger partial charge in [0.05, 0.1) is 6.54 Å². The first-order valence-electron chi connectivity index (χ1n) is 6.30. The van der Waals surface area contributed by atoms with Crippen molar-refractivity contribution in [2.45, 2.75) is 20.4 Å². The van der Waals surface area contributed by atoms with Crippen molar-refractivity contribution < 1.29 is 4.79 Å². The molecule has 0 saturated heterocycles. The predicted molar refractivity (Wildman–Crippen MR) is 75.9 cm³/mol. The van der Waals surface area contributed by atoms with E-state index in [9.17, 15) is 4.79 Å². The summed E-state index contributed by atoms with van der Waals surface area (Å²) in [6, 6.07) is 6.30. The lowest BCUT2D eigenvalue weighted by Crippen LogP contribution is -2.35. The SMILES string of the molecule is CCNC(=O)CN(C)c1ccc(C)cc1CNC. The van der Waals surface area contributed by atoms with Crippen molar-refractivity contribution in [1.29, 1.82) is 0 Å². The zero-order valence-electron chi connectivity index (χ0n) is 11.7. The fraction of sp³-hybridized carbons (Fsp3) is 0.500. The summed E-state index contributed by atoms with van der Waals surface area (Å²) in [6.45, 7) is 5.86. The first-order valence-corrected chi connectivity index (χ1v) is 6.30. The Hall–Kier alpha value is -1.55. The Morgan fingerprint density at radius 2 is 2.11 bits per heavy atom. The van der Waals surface area contributed by atoms with E-state index >= 15 is 0 Å². The third-order valence-electron chi connectivity index (χ3n) is 2.77. The van der Waals surface area contributed by atoms with Crippen LogP contribution < -0.4 is 15.5 Å². The van der Waals surface area contributed by atoms with Gasteiger partial charge < -0.3 is 15.5 Å². The largest absolute Gasteiger partial charge is 0.365 e. The number of rotatable bonds is 6. The maximum atomic E-state index is 11.6. The van der Waals surface area contributed by atoms with Crippen LogP contribution >= 0.6 is 0 Å². The maximum Gasteiger partial charge on any atom is 0.239 e. The molecule has 0 spiro atoms. The second kappa shape index (κ2) is 7.01. The van der Waals surface area contributed by atoms with Crippen LogP contribution in [0.15, 0.2) is 18.2 Å². The third-order valence-corrected chi connectivity index (χ3v) is 2.77. The topological polar surface area (TPSA) is 44.4 Å². The van der Waals surface area contributed by atoms with Gasteiger partial charge in [0.1, 0.15) is 0 Å². The average Bonchev–Trinajstić information content (AvgIpc) is 2.29. The zero-order chi connectivity index (χ0) is 13.5. The van der Waals surface area contributed by atoms with Crippen LogP contribution in [0, 0.1) is 6.92 Å². The van der Waals surface area contributed by atoms with Gasteiger partial charge in [-0.2, -0.15) is 0 Å². The average molecular weight is 249 g/mol. The molecule has 0 unspecified atom stereocenters. The van der Waals surface area contributed by atoms with Gasteiger partial charge in [0.15, 0.2) is 0 Å². The highest BCUT2D eigenvalue weighted by Crippen LogP contribution is 2.20. The molecule has 100 valence electrons. The van der Waals surface area contributed by atoms with Crippen LogP contribution in [0.2, 0.25) is 0 Å².